The highest BCUT2D eigenvalue weighted by atomic mass is 16.7. The minimum Gasteiger partial charge on any atom is -0.458 e. The third-order valence-corrected chi connectivity index (χ3v) is 8.63. The lowest BCUT2D eigenvalue weighted by Gasteiger charge is -2.54. The molecular weight excluding hydrogens is 320 g/mol. The average Bonchev–Trinajstić information content (AvgIpc) is 3.44. The molecule has 6 rings (SSSR count). The molecule has 0 aromatic carbocycles. The van der Waals surface area contributed by atoms with Gasteiger partial charge in [-0.25, -0.2) is 4.79 Å². The lowest BCUT2D eigenvalue weighted by Crippen LogP contribution is -2.66. The second kappa shape index (κ2) is 4.15. The molecule has 0 radical (unpaired) electrons. The normalized spacial score (nSPS) is 58.0. The molecule has 3 aliphatic heterocycles. The van der Waals surface area contributed by atoms with Gasteiger partial charge in [-0.05, 0) is 49.0 Å². The summed E-state index contributed by atoms with van der Waals surface area (Å²) < 4.78 is 18.1. The molecule has 2 spiro atoms. The fraction of sp³-hybridized carbons (Fsp3) is 0.850. The number of cyclic esters (lactones) is 1. The number of hydrogen-bond donors (Lipinski definition) is 1. The summed E-state index contributed by atoms with van der Waals surface area (Å²) >= 11 is 0. The van der Waals surface area contributed by atoms with Crippen molar-refractivity contribution in [3.8, 4) is 0 Å². The number of fused-ring (bicyclic) bond motifs is 2. The Labute approximate surface area is 147 Å². The number of epoxide rings is 2. The standard InChI is InChI=1S/C20H26O5/c1-9(2)11-6-15-20(25-15)18(3)5-4-10-12(8-23-17(10)22)13(18)7-14-19(20,24-14)16(11)21/h9,11,13-16,21H,4-8H2,1-3H3/t11-,13?,14-,15-,16+,18-,19+,20+/m0/s1. The Balaban J connectivity index is 1.46. The number of hydrogen-bond acceptors (Lipinski definition) is 5. The molecule has 8 atom stereocenters. The van der Waals surface area contributed by atoms with Crippen LogP contribution in [-0.4, -0.2) is 47.2 Å². The summed E-state index contributed by atoms with van der Waals surface area (Å²) in [6.07, 6.45) is 3.26. The van der Waals surface area contributed by atoms with E-state index in [1.165, 1.54) is 5.57 Å². The van der Waals surface area contributed by atoms with Crippen LogP contribution in [0.5, 0.6) is 0 Å². The van der Waals surface area contributed by atoms with Crippen LogP contribution in [-0.2, 0) is 19.0 Å². The van der Waals surface area contributed by atoms with Crippen LogP contribution in [0.15, 0.2) is 11.1 Å². The van der Waals surface area contributed by atoms with E-state index in [-0.39, 0.29) is 41.0 Å². The van der Waals surface area contributed by atoms with Gasteiger partial charge in [0.15, 0.2) is 5.60 Å². The van der Waals surface area contributed by atoms with Crippen LogP contribution in [0.25, 0.3) is 0 Å². The zero-order chi connectivity index (χ0) is 17.4. The maximum atomic E-state index is 12.0. The number of carbonyl (C=O) groups is 1. The van der Waals surface area contributed by atoms with Crippen molar-refractivity contribution in [2.45, 2.75) is 76.0 Å². The largest absolute Gasteiger partial charge is 0.458 e. The number of aliphatic hydroxyl groups is 1. The summed E-state index contributed by atoms with van der Waals surface area (Å²) in [5, 5.41) is 11.3. The van der Waals surface area contributed by atoms with E-state index >= 15 is 0 Å². The van der Waals surface area contributed by atoms with Gasteiger partial charge in [0.05, 0.1) is 18.3 Å². The molecule has 3 aliphatic carbocycles. The molecule has 136 valence electrons. The second-order valence-corrected chi connectivity index (χ2v) is 9.62. The number of esters is 1. The van der Waals surface area contributed by atoms with Gasteiger partial charge < -0.3 is 19.3 Å². The average molecular weight is 346 g/mol. The summed E-state index contributed by atoms with van der Waals surface area (Å²) in [6, 6.07) is 0. The first kappa shape index (κ1) is 15.2. The third kappa shape index (κ3) is 1.39. The van der Waals surface area contributed by atoms with E-state index in [2.05, 4.69) is 20.8 Å². The summed E-state index contributed by atoms with van der Waals surface area (Å²) in [5.41, 5.74) is 1.12. The topological polar surface area (TPSA) is 71.6 Å². The highest BCUT2D eigenvalue weighted by molar-refractivity contribution is 5.92. The SMILES string of the molecule is CC(C)[C@@H]1C[C@@H]2O[C@]23[C@]2(O[C@H]2CC2C4=C(CC[C@@]23C)C(=O)OC4)[C@@H]1O. The van der Waals surface area contributed by atoms with E-state index in [1.807, 2.05) is 0 Å². The van der Waals surface area contributed by atoms with Gasteiger partial charge in [-0.15, -0.1) is 0 Å². The van der Waals surface area contributed by atoms with Crippen molar-refractivity contribution in [2.75, 3.05) is 6.61 Å². The molecule has 5 nitrogen and oxygen atoms in total. The molecule has 6 aliphatic rings. The van der Waals surface area contributed by atoms with Crippen molar-refractivity contribution in [3.05, 3.63) is 11.1 Å². The Bertz CT molecular complexity index is 728. The first-order valence-corrected chi connectivity index (χ1v) is 9.79. The highest BCUT2D eigenvalue weighted by Crippen LogP contribution is 2.79. The zero-order valence-electron chi connectivity index (χ0n) is 15.1. The first-order chi connectivity index (χ1) is 11.9. The van der Waals surface area contributed by atoms with Gasteiger partial charge in [-0.3, -0.25) is 0 Å². The van der Waals surface area contributed by atoms with E-state index in [0.717, 1.165) is 31.3 Å². The fourth-order valence-corrected chi connectivity index (χ4v) is 7.29. The summed E-state index contributed by atoms with van der Waals surface area (Å²) in [7, 11) is 0. The summed E-state index contributed by atoms with van der Waals surface area (Å²) in [5.74, 6) is 0.806. The molecule has 2 saturated heterocycles. The van der Waals surface area contributed by atoms with Crippen molar-refractivity contribution in [2.24, 2.45) is 23.2 Å². The molecule has 4 fully saturated rings. The molecule has 2 saturated carbocycles. The minimum atomic E-state index is -0.516. The van der Waals surface area contributed by atoms with Crippen molar-refractivity contribution in [1.82, 2.24) is 0 Å². The summed E-state index contributed by atoms with van der Waals surface area (Å²) in [6.45, 7) is 7.12. The monoisotopic (exact) mass is 346 g/mol. The fourth-order valence-electron chi connectivity index (χ4n) is 7.29. The van der Waals surface area contributed by atoms with Crippen LogP contribution in [0.2, 0.25) is 0 Å². The van der Waals surface area contributed by atoms with Crippen LogP contribution >= 0.6 is 0 Å². The van der Waals surface area contributed by atoms with Crippen molar-refractivity contribution in [1.29, 1.82) is 0 Å². The van der Waals surface area contributed by atoms with Gasteiger partial charge in [0.25, 0.3) is 0 Å². The van der Waals surface area contributed by atoms with Crippen LogP contribution in [0.1, 0.15) is 46.5 Å². The molecular formula is C20H26O5. The first-order valence-electron chi connectivity index (χ1n) is 9.79. The number of aliphatic hydroxyl groups excluding tert-OH is 1. The van der Waals surface area contributed by atoms with Crippen LogP contribution < -0.4 is 0 Å². The number of ether oxygens (including phenoxy) is 3. The maximum absolute atomic E-state index is 12.0. The number of carbonyl (C=O) groups excluding carboxylic acids is 1. The Morgan fingerprint density at radius 2 is 2.00 bits per heavy atom. The second-order valence-electron chi connectivity index (χ2n) is 9.62. The Hall–Kier alpha value is -0.910. The minimum absolute atomic E-state index is 0.0506. The molecule has 0 amide bonds. The molecule has 1 unspecified atom stereocenters. The number of rotatable bonds is 1. The predicted octanol–water partition coefficient (Wildman–Crippen LogP) is 1.97. The van der Waals surface area contributed by atoms with Crippen LogP contribution in [0, 0.1) is 23.2 Å². The van der Waals surface area contributed by atoms with E-state index in [1.54, 1.807) is 0 Å². The smallest absolute Gasteiger partial charge is 0.334 e. The zero-order valence-corrected chi connectivity index (χ0v) is 15.1. The van der Waals surface area contributed by atoms with E-state index in [9.17, 15) is 9.90 Å². The van der Waals surface area contributed by atoms with E-state index in [0.29, 0.717) is 12.5 Å². The van der Waals surface area contributed by atoms with Gasteiger partial charge in [-0.1, -0.05) is 20.8 Å². The molecule has 0 aromatic heterocycles. The van der Waals surface area contributed by atoms with Gasteiger partial charge in [-0.2, -0.15) is 0 Å². The molecule has 25 heavy (non-hydrogen) atoms. The van der Waals surface area contributed by atoms with E-state index in [4.69, 9.17) is 14.2 Å². The van der Waals surface area contributed by atoms with Crippen LogP contribution in [0.4, 0.5) is 0 Å². The Morgan fingerprint density at radius 3 is 2.76 bits per heavy atom. The Morgan fingerprint density at radius 1 is 1.20 bits per heavy atom. The predicted molar refractivity (Wildman–Crippen MR) is 87.6 cm³/mol. The molecule has 0 bridgehead atoms. The lowest BCUT2D eigenvalue weighted by atomic mass is 9.46. The van der Waals surface area contributed by atoms with Crippen molar-refractivity contribution >= 4 is 5.97 Å². The van der Waals surface area contributed by atoms with Gasteiger partial charge in [0.1, 0.15) is 12.2 Å². The van der Waals surface area contributed by atoms with Gasteiger partial charge in [0, 0.05) is 11.0 Å². The molecule has 1 N–H and O–H groups in total. The molecule has 3 heterocycles. The Kier molecular flexibility index (Phi) is 2.52. The molecule has 5 heteroatoms. The van der Waals surface area contributed by atoms with Gasteiger partial charge >= 0.3 is 5.97 Å². The maximum Gasteiger partial charge on any atom is 0.334 e. The van der Waals surface area contributed by atoms with Gasteiger partial charge in [0.2, 0.25) is 0 Å². The quantitative estimate of drug-likeness (QED) is 0.581. The van der Waals surface area contributed by atoms with Crippen molar-refractivity contribution in [3.63, 3.8) is 0 Å². The third-order valence-electron chi connectivity index (χ3n) is 8.63. The highest BCUT2D eigenvalue weighted by Gasteiger charge is 2.92. The van der Waals surface area contributed by atoms with Crippen molar-refractivity contribution < 1.29 is 24.1 Å². The van der Waals surface area contributed by atoms with Crippen LogP contribution in [0.3, 0.4) is 0 Å². The molecule has 0 aromatic rings. The van der Waals surface area contributed by atoms with E-state index < -0.39 is 11.7 Å². The summed E-state index contributed by atoms with van der Waals surface area (Å²) in [4.78, 5) is 12.0. The lowest BCUT2D eigenvalue weighted by molar-refractivity contribution is -0.136.